The third-order valence-electron chi connectivity index (χ3n) is 3.55. The molecule has 0 bridgehead atoms. The summed E-state index contributed by atoms with van der Waals surface area (Å²) in [6.45, 7) is 0. The van der Waals surface area contributed by atoms with Crippen LogP contribution in [0.1, 0.15) is 0 Å². The first-order valence-electron chi connectivity index (χ1n) is 6.98. The number of benzene rings is 2. The van der Waals surface area contributed by atoms with Crippen LogP contribution in [0, 0.1) is 0 Å². The summed E-state index contributed by atoms with van der Waals surface area (Å²) in [5.41, 5.74) is 1.92. The van der Waals surface area contributed by atoms with Crippen molar-refractivity contribution in [2.75, 3.05) is 12.4 Å². The Hall–Kier alpha value is -2.18. The number of hydrogen-bond acceptors (Lipinski definition) is 5. The molecule has 23 heavy (non-hydrogen) atoms. The zero-order valence-corrected chi connectivity index (χ0v) is 14.6. The highest BCUT2D eigenvalue weighted by Crippen LogP contribution is 2.38. The molecule has 0 radical (unpaired) electrons. The first kappa shape index (κ1) is 14.4. The minimum absolute atomic E-state index is 0.813. The van der Waals surface area contributed by atoms with Gasteiger partial charge in [-0.25, -0.2) is 9.97 Å². The lowest BCUT2D eigenvalue weighted by Crippen LogP contribution is -1.94. The van der Waals surface area contributed by atoms with E-state index in [1.54, 1.807) is 24.8 Å². The number of thiophene rings is 1. The molecule has 0 atom stereocenters. The first-order chi connectivity index (χ1) is 11.2. The van der Waals surface area contributed by atoms with Crippen molar-refractivity contribution in [2.24, 2.45) is 0 Å². The third kappa shape index (κ3) is 2.64. The number of ether oxygens (including phenoxy) is 1. The van der Waals surface area contributed by atoms with Crippen LogP contribution in [0.3, 0.4) is 0 Å². The normalized spacial score (nSPS) is 11.0. The van der Waals surface area contributed by atoms with Crippen LogP contribution in [0.5, 0.6) is 5.75 Å². The second-order valence-electron chi connectivity index (χ2n) is 5.00. The van der Waals surface area contributed by atoms with Crippen molar-refractivity contribution in [3.8, 4) is 5.75 Å². The van der Waals surface area contributed by atoms with Crippen molar-refractivity contribution in [2.45, 2.75) is 0 Å². The lowest BCUT2D eigenvalue weighted by Gasteiger charge is -2.06. The van der Waals surface area contributed by atoms with Crippen LogP contribution in [0.2, 0.25) is 0 Å². The lowest BCUT2D eigenvalue weighted by molar-refractivity contribution is 0.415. The first-order valence-corrected chi connectivity index (χ1v) is 8.59. The summed E-state index contributed by atoms with van der Waals surface area (Å²) in [6, 6.07) is 14.0. The summed E-state index contributed by atoms with van der Waals surface area (Å²) in [7, 11) is 1.67. The van der Waals surface area contributed by atoms with Crippen LogP contribution in [-0.2, 0) is 0 Å². The Balaban J connectivity index is 1.87. The molecular weight excluding hydrogens is 374 g/mol. The van der Waals surface area contributed by atoms with E-state index in [-0.39, 0.29) is 0 Å². The fourth-order valence-electron chi connectivity index (χ4n) is 2.47. The van der Waals surface area contributed by atoms with Crippen molar-refractivity contribution in [1.82, 2.24) is 9.97 Å². The maximum Gasteiger partial charge on any atom is 0.151 e. The molecule has 0 aliphatic rings. The van der Waals surface area contributed by atoms with Gasteiger partial charge in [-0.2, -0.15) is 0 Å². The van der Waals surface area contributed by atoms with Gasteiger partial charge >= 0.3 is 0 Å². The Bertz CT molecular complexity index is 1020. The van der Waals surface area contributed by atoms with E-state index >= 15 is 0 Å². The van der Waals surface area contributed by atoms with Crippen molar-refractivity contribution in [3.05, 3.63) is 53.3 Å². The molecule has 6 heteroatoms. The van der Waals surface area contributed by atoms with Gasteiger partial charge in [-0.1, -0.05) is 22.0 Å². The molecule has 0 aliphatic heterocycles. The number of aromatic nitrogens is 2. The van der Waals surface area contributed by atoms with Gasteiger partial charge in [-0.15, -0.1) is 11.3 Å². The number of anilines is 2. The summed E-state index contributed by atoms with van der Waals surface area (Å²) >= 11 is 5.16. The topological polar surface area (TPSA) is 47.0 Å². The van der Waals surface area contributed by atoms with E-state index in [1.807, 2.05) is 36.4 Å². The zero-order chi connectivity index (χ0) is 15.8. The summed E-state index contributed by atoms with van der Waals surface area (Å²) in [6.07, 6.45) is 1.59. The standard InChI is InChI=1S/C17H12BrN3OS/c1-22-12-5-6-14-13(8-12)15-16(23-14)17(20-9-19-15)21-11-4-2-3-10(18)7-11/h2-9H,1H3,(H,19,20,21). The summed E-state index contributed by atoms with van der Waals surface area (Å²) in [5, 5.41) is 4.46. The van der Waals surface area contributed by atoms with Gasteiger partial charge in [0.05, 0.1) is 17.3 Å². The van der Waals surface area contributed by atoms with E-state index in [2.05, 4.69) is 37.3 Å². The predicted octanol–water partition coefficient (Wildman–Crippen LogP) is 5.36. The Kier molecular flexibility index (Phi) is 3.63. The number of halogens is 1. The largest absolute Gasteiger partial charge is 0.497 e. The van der Waals surface area contributed by atoms with Crippen molar-refractivity contribution in [1.29, 1.82) is 0 Å². The highest BCUT2D eigenvalue weighted by molar-refractivity contribution is 9.10. The quantitative estimate of drug-likeness (QED) is 0.515. The van der Waals surface area contributed by atoms with E-state index in [0.29, 0.717) is 0 Å². The highest BCUT2D eigenvalue weighted by Gasteiger charge is 2.12. The predicted molar refractivity (Wildman–Crippen MR) is 98.9 cm³/mol. The van der Waals surface area contributed by atoms with Gasteiger partial charge in [0, 0.05) is 20.2 Å². The third-order valence-corrected chi connectivity index (χ3v) is 5.21. The number of nitrogens with zero attached hydrogens (tertiary/aromatic N) is 2. The molecule has 4 rings (SSSR count). The molecule has 4 aromatic rings. The molecule has 2 aromatic carbocycles. The molecule has 4 nitrogen and oxygen atoms in total. The van der Waals surface area contributed by atoms with E-state index in [9.17, 15) is 0 Å². The minimum atomic E-state index is 0.813. The summed E-state index contributed by atoms with van der Waals surface area (Å²) in [5.74, 6) is 1.64. The molecule has 2 heterocycles. The molecule has 0 aliphatic carbocycles. The number of hydrogen-bond donors (Lipinski definition) is 1. The van der Waals surface area contributed by atoms with Crippen LogP contribution in [-0.4, -0.2) is 17.1 Å². The fraction of sp³-hybridized carbons (Fsp3) is 0.0588. The fourth-order valence-corrected chi connectivity index (χ4v) is 3.95. The van der Waals surface area contributed by atoms with Gasteiger partial charge in [0.1, 0.15) is 12.1 Å². The van der Waals surface area contributed by atoms with Gasteiger partial charge in [0.2, 0.25) is 0 Å². The smallest absolute Gasteiger partial charge is 0.151 e. The van der Waals surface area contributed by atoms with Gasteiger partial charge < -0.3 is 10.1 Å². The molecule has 0 fully saturated rings. The van der Waals surface area contributed by atoms with Gasteiger partial charge in [-0.3, -0.25) is 0 Å². The van der Waals surface area contributed by atoms with Crippen LogP contribution >= 0.6 is 27.3 Å². The Morgan fingerprint density at radius 1 is 1.13 bits per heavy atom. The Morgan fingerprint density at radius 3 is 2.87 bits per heavy atom. The van der Waals surface area contributed by atoms with Crippen molar-refractivity contribution < 1.29 is 4.74 Å². The van der Waals surface area contributed by atoms with Crippen LogP contribution in [0.4, 0.5) is 11.5 Å². The van der Waals surface area contributed by atoms with Crippen LogP contribution < -0.4 is 10.1 Å². The van der Waals surface area contributed by atoms with Gasteiger partial charge in [-0.05, 0) is 36.4 Å². The molecule has 0 spiro atoms. The second kappa shape index (κ2) is 5.79. The molecule has 1 N–H and O–H groups in total. The molecule has 0 amide bonds. The SMILES string of the molecule is COc1ccc2sc3c(Nc4cccc(Br)c4)ncnc3c2c1. The number of nitrogens with one attached hydrogen (secondary N) is 1. The average molecular weight is 386 g/mol. The van der Waals surface area contributed by atoms with E-state index < -0.39 is 0 Å². The maximum absolute atomic E-state index is 5.32. The minimum Gasteiger partial charge on any atom is -0.497 e. The summed E-state index contributed by atoms with van der Waals surface area (Å²) in [4.78, 5) is 8.87. The Morgan fingerprint density at radius 2 is 2.04 bits per heavy atom. The number of fused-ring (bicyclic) bond motifs is 3. The highest BCUT2D eigenvalue weighted by atomic mass is 79.9. The van der Waals surface area contributed by atoms with Gasteiger partial charge in [0.25, 0.3) is 0 Å². The van der Waals surface area contributed by atoms with Gasteiger partial charge in [0.15, 0.2) is 5.82 Å². The van der Waals surface area contributed by atoms with E-state index in [4.69, 9.17) is 4.74 Å². The second-order valence-corrected chi connectivity index (χ2v) is 6.97. The van der Waals surface area contributed by atoms with Crippen LogP contribution in [0.25, 0.3) is 20.3 Å². The van der Waals surface area contributed by atoms with Crippen molar-refractivity contribution in [3.63, 3.8) is 0 Å². The molecule has 0 saturated heterocycles. The summed E-state index contributed by atoms with van der Waals surface area (Å²) < 4.78 is 8.55. The van der Waals surface area contributed by atoms with Crippen molar-refractivity contribution >= 4 is 59.1 Å². The number of methoxy groups -OCH3 is 1. The molecule has 0 unspecified atom stereocenters. The average Bonchev–Trinajstić information content (AvgIpc) is 2.94. The number of rotatable bonds is 3. The molecule has 2 aromatic heterocycles. The molecular formula is C17H12BrN3OS. The van der Waals surface area contributed by atoms with E-state index in [1.165, 1.54) is 4.70 Å². The Labute approximate surface area is 145 Å². The molecule has 0 saturated carbocycles. The molecule has 114 valence electrons. The monoisotopic (exact) mass is 385 g/mol. The van der Waals surface area contributed by atoms with Crippen LogP contribution in [0.15, 0.2) is 53.3 Å². The maximum atomic E-state index is 5.32. The zero-order valence-electron chi connectivity index (χ0n) is 12.2. The lowest BCUT2D eigenvalue weighted by atomic mass is 10.2. The van der Waals surface area contributed by atoms with E-state index in [0.717, 1.165) is 37.3 Å².